The highest BCUT2D eigenvalue weighted by atomic mass is 79.9. The van der Waals surface area contributed by atoms with E-state index in [1.54, 1.807) is 0 Å². The van der Waals surface area contributed by atoms with Crippen LogP contribution in [-0.4, -0.2) is 35.1 Å². The number of nitrogens with one attached hydrogen (secondary N) is 1. The number of aryl methyl sites for hydroxylation is 2. The number of hydrogen-bond acceptors (Lipinski definition) is 2. The zero-order valence-corrected chi connectivity index (χ0v) is 16.6. The summed E-state index contributed by atoms with van der Waals surface area (Å²) in [6.07, 6.45) is 1.26. The number of piperazine rings is 1. The van der Waals surface area contributed by atoms with E-state index in [2.05, 4.69) is 52.9 Å². The van der Waals surface area contributed by atoms with Crippen LogP contribution in [0.4, 0.5) is 0 Å². The molecule has 5 heteroatoms. The van der Waals surface area contributed by atoms with Crippen LogP contribution in [0.3, 0.4) is 0 Å². The summed E-state index contributed by atoms with van der Waals surface area (Å²) >= 11 is 0. The summed E-state index contributed by atoms with van der Waals surface area (Å²) in [5, 5.41) is 5.21. The molecule has 2 atom stereocenters. The highest BCUT2D eigenvalue weighted by Gasteiger charge is 2.37. The summed E-state index contributed by atoms with van der Waals surface area (Å²) in [4.78, 5) is 2.65. The van der Waals surface area contributed by atoms with Crippen molar-refractivity contribution < 1.29 is 0 Å². The molecule has 3 nitrogen and oxygen atoms in total. The molecule has 3 heterocycles. The van der Waals surface area contributed by atoms with Crippen molar-refractivity contribution in [3.63, 3.8) is 0 Å². The molecular weight excluding hydrogens is 406 g/mol. The molecule has 2 unspecified atom stereocenters. The van der Waals surface area contributed by atoms with Crippen LogP contribution in [-0.2, 0) is 6.54 Å². The molecule has 0 aliphatic carbocycles. The number of nitrogens with zero attached hydrogens (tertiary/aromatic N) is 2. The molecule has 0 spiro atoms. The fraction of sp³-hybridized carbons (Fsp3) is 0.529. The van der Waals surface area contributed by atoms with E-state index in [4.69, 9.17) is 0 Å². The average molecular weight is 431 g/mol. The summed E-state index contributed by atoms with van der Waals surface area (Å²) in [5.74, 6) is 0. The van der Waals surface area contributed by atoms with Crippen LogP contribution in [0.1, 0.15) is 30.6 Å². The smallest absolute Gasteiger partial charge is 0.0637 e. The van der Waals surface area contributed by atoms with E-state index in [1.807, 2.05) is 0 Å². The van der Waals surface area contributed by atoms with E-state index < -0.39 is 0 Å². The standard InChI is InChI=1S/C17H23N3.2BrH/c1-3-19-11-9-18-16-15(19)8-10-20-14-7-5-4-6-13(14)12(2)17(16)20;;/h4-7,15-16,18H,3,8-11H2,1-2H3;2*1H. The summed E-state index contributed by atoms with van der Waals surface area (Å²) in [6.45, 7) is 9.21. The Balaban J connectivity index is 0.000000882. The van der Waals surface area contributed by atoms with E-state index in [-0.39, 0.29) is 34.0 Å². The highest BCUT2D eigenvalue weighted by molar-refractivity contribution is 8.93. The van der Waals surface area contributed by atoms with Crippen LogP contribution < -0.4 is 5.32 Å². The van der Waals surface area contributed by atoms with Gasteiger partial charge in [-0.15, -0.1) is 34.0 Å². The number of rotatable bonds is 1. The van der Waals surface area contributed by atoms with Crippen LogP contribution in [0.15, 0.2) is 24.3 Å². The fourth-order valence-electron chi connectivity index (χ4n) is 4.30. The second kappa shape index (κ2) is 7.04. The third-order valence-electron chi connectivity index (χ3n) is 5.24. The SMILES string of the molecule is Br.Br.CCN1CCNC2c3c(C)c4ccccc4n3CCC21. The third-order valence-corrected chi connectivity index (χ3v) is 5.24. The van der Waals surface area contributed by atoms with Crippen LogP contribution in [0.5, 0.6) is 0 Å². The molecule has 2 aliphatic rings. The summed E-state index contributed by atoms with van der Waals surface area (Å²) in [5.41, 5.74) is 4.41. The Morgan fingerprint density at radius 1 is 1.18 bits per heavy atom. The van der Waals surface area contributed by atoms with Crippen LogP contribution in [0.25, 0.3) is 10.9 Å². The van der Waals surface area contributed by atoms with Gasteiger partial charge in [0.1, 0.15) is 0 Å². The van der Waals surface area contributed by atoms with E-state index in [0.717, 1.165) is 13.1 Å². The lowest BCUT2D eigenvalue weighted by molar-refractivity contribution is 0.0980. The molecule has 1 fully saturated rings. The second-order valence-corrected chi connectivity index (χ2v) is 6.10. The molecule has 1 saturated heterocycles. The number of aromatic nitrogens is 1. The van der Waals surface area contributed by atoms with Crippen molar-refractivity contribution in [2.45, 2.75) is 38.9 Å². The Morgan fingerprint density at radius 2 is 1.95 bits per heavy atom. The first-order valence-corrected chi connectivity index (χ1v) is 7.86. The van der Waals surface area contributed by atoms with Gasteiger partial charge in [-0.3, -0.25) is 4.90 Å². The van der Waals surface area contributed by atoms with Gasteiger partial charge in [-0.05, 0) is 31.5 Å². The molecular formula is C17H25Br2N3. The Hall–Kier alpha value is -0.360. The molecule has 0 bridgehead atoms. The van der Waals surface area contributed by atoms with E-state index in [9.17, 15) is 0 Å². The van der Waals surface area contributed by atoms with Gasteiger partial charge in [0.05, 0.1) is 6.04 Å². The average Bonchev–Trinajstić information content (AvgIpc) is 2.80. The highest BCUT2D eigenvalue weighted by Crippen LogP contribution is 2.38. The van der Waals surface area contributed by atoms with Crippen molar-refractivity contribution in [1.82, 2.24) is 14.8 Å². The monoisotopic (exact) mass is 429 g/mol. The van der Waals surface area contributed by atoms with E-state index >= 15 is 0 Å². The van der Waals surface area contributed by atoms with Crippen molar-refractivity contribution in [3.05, 3.63) is 35.5 Å². The van der Waals surface area contributed by atoms with E-state index in [1.165, 1.54) is 41.7 Å². The van der Waals surface area contributed by atoms with Crippen molar-refractivity contribution in [2.24, 2.45) is 0 Å². The first-order valence-electron chi connectivity index (χ1n) is 7.86. The zero-order valence-electron chi connectivity index (χ0n) is 13.2. The number of fused-ring (bicyclic) bond motifs is 5. The molecule has 122 valence electrons. The summed E-state index contributed by atoms with van der Waals surface area (Å²) < 4.78 is 2.55. The Labute approximate surface area is 153 Å². The van der Waals surface area contributed by atoms with Gasteiger partial charge >= 0.3 is 0 Å². The lowest BCUT2D eigenvalue weighted by atomic mass is 9.92. The molecule has 22 heavy (non-hydrogen) atoms. The normalized spacial score (nSPS) is 24.1. The molecule has 0 saturated carbocycles. The van der Waals surface area contributed by atoms with Crippen molar-refractivity contribution in [2.75, 3.05) is 19.6 Å². The Kier molecular flexibility index (Phi) is 5.75. The topological polar surface area (TPSA) is 20.2 Å². The van der Waals surface area contributed by atoms with Gasteiger partial charge in [-0.1, -0.05) is 25.1 Å². The van der Waals surface area contributed by atoms with Gasteiger partial charge in [0.25, 0.3) is 0 Å². The molecule has 2 aliphatic heterocycles. The number of para-hydroxylation sites is 1. The van der Waals surface area contributed by atoms with Gasteiger partial charge in [0.15, 0.2) is 0 Å². The largest absolute Gasteiger partial charge is 0.343 e. The first-order chi connectivity index (χ1) is 9.81. The van der Waals surface area contributed by atoms with Gasteiger partial charge in [-0.25, -0.2) is 0 Å². The number of hydrogen-bond donors (Lipinski definition) is 1. The van der Waals surface area contributed by atoms with Crippen molar-refractivity contribution in [3.8, 4) is 0 Å². The van der Waals surface area contributed by atoms with Crippen LogP contribution >= 0.6 is 34.0 Å². The minimum Gasteiger partial charge on any atom is -0.343 e. The molecule has 1 aromatic heterocycles. The number of benzene rings is 1. The maximum atomic E-state index is 3.78. The molecule has 1 aromatic carbocycles. The quantitative estimate of drug-likeness (QED) is 0.741. The molecule has 4 rings (SSSR count). The van der Waals surface area contributed by atoms with Crippen LogP contribution in [0.2, 0.25) is 0 Å². The van der Waals surface area contributed by atoms with Crippen molar-refractivity contribution >= 4 is 44.9 Å². The Morgan fingerprint density at radius 3 is 2.73 bits per heavy atom. The zero-order chi connectivity index (χ0) is 13.7. The fourth-order valence-corrected chi connectivity index (χ4v) is 4.30. The lowest BCUT2D eigenvalue weighted by Crippen LogP contribution is -2.55. The first kappa shape index (κ1) is 18.0. The van der Waals surface area contributed by atoms with Crippen LogP contribution in [0, 0.1) is 6.92 Å². The second-order valence-electron chi connectivity index (χ2n) is 6.10. The predicted molar refractivity (Wildman–Crippen MR) is 104 cm³/mol. The number of halogens is 2. The van der Waals surface area contributed by atoms with Gasteiger partial charge in [0, 0.05) is 42.3 Å². The minimum absolute atomic E-state index is 0. The third kappa shape index (κ3) is 2.56. The van der Waals surface area contributed by atoms with Gasteiger partial charge in [0.2, 0.25) is 0 Å². The Bertz CT molecular complexity index is 653. The molecule has 1 N–H and O–H groups in total. The molecule has 0 radical (unpaired) electrons. The predicted octanol–water partition coefficient (Wildman–Crippen LogP) is 3.84. The maximum absolute atomic E-state index is 3.78. The lowest BCUT2D eigenvalue weighted by Gasteiger charge is -2.45. The van der Waals surface area contributed by atoms with Gasteiger partial charge in [-0.2, -0.15) is 0 Å². The van der Waals surface area contributed by atoms with Crippen molar-refractivity contribution in [1.29, 1.82) is 0 Å². The maximum Gasteiger partial charge on any atom is 0.0637 e. The van der Waals surface area contributed by atoms with Gasteiger partial charge < -0.3 is 9.88 Å². The summed E-state index contributed by atoms with van der Waals surface area (Å²) in [7, 11) is 0. The minimum atomic E-state index is 0. The van der Waals surface area contributed by atoms with E-state index in [0.29, 0.717) is 12.1 Å². The summed E-state index contributed by atoms with van der Waals surface area (Å²) in [6, 6.07) is 10.0. The molecule has 2 aromatic rings. The number of likely N-dealkylation sites (N-methyl/N-ethyl adjacent to an activating group) is 1. The molecule has 0 amide bonds.